The summed E-state index contributed by atoms with van der Waals surface area (Å²) in [6.07, 6.45) is 3.43. The Morgan fingerprint density at radius 3 is 3.05 bits per heavy atom. The van der Waals surface area contributed by atoms with Crippen LogP contribution in [0.2, 0.25) is 0 Å². The minimum atomic E-state index is -0.207. The van der Waals surface area contributed by atoms with Gasteiger partial charge in [-0.25, -0.2) is 4.98 Å². The van der Waals surface area contributed by atoms with Gasteiger partial charge in [-0.15, -0.1) is 5.10 Å². The average molecular weight is 266 g/mol. The van der Waals surface area contributed by atoms with E-state index in [-0.39, 0.29) is 23.4 Å². The van der Waals surface area contributed by atoms with Gasteiger partial charge in [-0.1, -0.05) is 6.92 Å². The number of carbonyl (C=O) groups is 1. The summed E-state index contributed by atoms with van der Waals surface area (Å²) < 4.78 is 5.63. The number of ether oxygens (including phenoxy) is 1. The van der Waals surface area contributed by atoms with Crippen LogP contribution in [0.25, 0.3) is 0 Å². The second-order valence-electron chi connectivity index (χ2n) is 5.63. The van der Waals surface area contributed by atoms with Crippen molar-refractivity contribution < 1.29 is 9.53 Å². The van der Waals surface area contributed by atoms with E-state index in [1.807, 2.05) is 13.8 Å². The van der Waals surface area contributed by atoms with Crippen LogP contribution in [0, 0.1) is 0 Å². The van der Waals surface area contributed by atoms with Gasteiger partial charge < -0.3 is 10.1 Å². The lowest BCUT2D eigenvalue weighted by Crippen LogP contribution is -2.46. The van der Waals surface area contributed by atoms with Crippen molar-refractivity contribution in [1.82, 2.24) is 20.5 Å². The molecule has 2 rings (SSSR count). The molecule has 0 saturated carbocycles. The molecule has 1 saturated heterocycles. The number of aromatic nitrogens is 3. The van der Waals surface area contributed by atoms with E-state index in [4.69, 9.17) is 4.74 Å². The standard InChI is InChI=1S/C13H22N4O2/c1-4-5-10-15-11(17-16-10)12(18)14-9-6-7-19-13(2,3)8-9/h9H,4-8H2,1-3H3,(H,14,18)(H,15,16,17). The molecule has 19 heavy (non-hydrogen) atoms. The molecule has 0 aliphatic carbocycles. The fourth-order valence-corrected chi connectivity index (χ4v) is 2.35. The van der Waals surface area contributed by atoms with Gasteiger partial charge in [-0.3, -0.25) is 9.89 Å². The third kappa shape index (κ3) is 3.76. The van der Waals surface area contributed by atoms with Gasteiger partial charge in [0.05, 0.1) is 5.60 Å². The molecule has 6 nitrogen and oxygen atoms in total. The van der Waals surface area contributed by atoms with Crippen molar-refractivity contribution in [3.05, 3.63) is 11.6 Å². The second kappa shape index (κ2) is 5.69. The molecule has 1 aliphatic rings. The van der Waals surface area contributed by atoms with Gasteiger partial charge in [0.15, 0.2) is 0 Å². The third-order valence-corrected chi connectivity index (χ3v) is 3.25. The van der Waals surface area contributed by atoms with Crippen LogP contribution in [0.1, 0.15) is 56.5 Å². The van der Waals surface area contributed by atoms with E-state index in [0.717, 1.165) is 31.5 Å². The van der Waals surface area contributed by atoms with E-state index in [1.165, 1.54) is 0 Å². The van der Waals surface area contributed by atoms with Crippen LogP contribution < -0.4 is 5.32 Å². The van der Waals surface area contributed by atoms with Crippen LogP contribution in [-0.4, -0.2) is 39.3 Å². The number of aromatic amines is 1. The van der Waals surface area contributed by atoms with E-state index in [2.05, 4.69) is 27.4 Å². The molecule has 1 unspecified atom stereocenters. The Kier molecular flexibility index (Phi) is 4.19. The highest BCUT2D eigenvalue weighted by Crippen LogP contribution is 2.23. The largest absolute Gasteiger partial charge is 0.375 e. The Bertz CT molecular complexity index is 442. The first-order valence-corrected chi connectivity index (χ1v) is 6.86. The van der Waals surface area contributed by atoms with E-state index in [1.54, 1.807) is 0 Å². The van der Waals surface area contributed by atoms with Gasteiger partial charge in [0.2, 0.25) is 5.82 Å². The summed E-state index contributed by atoms with van der Waals surface area (Å²) in [5.41, 5.74) is -0.178. The quantitative estimate of drug-likeness (QED) is 0.864. The summed E-state index contributed by atoms with van der Waals surface area (Å²) >= 11 is 0. The number of aryl methyl sites for hydroxylation is 1. The fourth-order valence-electron chi connectivity index (χ4n) is 2.35. The summed E-state index contributed by atoms with van der Waals surface area (Å²) in [5.74, 6) is 0.786. The Morgan fingerprint density at radius 2 is 2.37 bits per heavy atom. The molecule has 2 heterocycles. The Balaban J connectivity index is 1.92. The monoisotopic (exact) mass is 266 g/mol. The van der Waals surface area contributed by atoms with Gasteiger partial charge in [0.1, 0.15) is 5.82 Å². The van der Waals surface area contributed by atoms with Gasteiger partial charge in [-0.2, -0.15) is 0 Å². The number of H-pyrrole nitrogens is 1. The smallest absolute Gasteiger partial charge is 0.291 e. The number of hydrogen-bond donors (Lipinski definition) is 2. The number of nitrogens with zero attached hydrogens (tertiary/aromatic N) is 2. The summed E-state index contributed by atoms with van der Waals surface area (Å²) in [6.45, 7) is 6.81. The van der Waals surface area contributed by atoms with Gasteiger partial charge in [-0.05, 0) is 33.1 Å². The third-order valence-electron chi connectivity index (χ3n) is 3.25. The highest BCUT2D eigenvalue weighted by Gasteiger charge is 2.30. The number of hydrogen-bond acceptors (Lipinski definition) is 4. The van der Waals surface area contributed by atoms with Crippen LogP contribution in [0.15, 0.2) is 0 Å². The molecule has 1 fully saturated rings. The number of amides is 1. The van der Waals surface area contributed by atoms with Gasteiger partial charge in [0.25, 0.3) is 5.91 Å². The summed E-state index contributed by atoms with van der Waals surface area (Å²) in [5, 5.41) is 9.73. The maximum atomic E-state index is 12.0. The van der Waals surface area contributed by atoms with Crippen LogP contribution in [0.4, 0.5) is 0 Å². The van der Waals surface area contributed by atoms with Gasteiger partial charge in [0, 0.05) is 19.1 Å². The molecule has 1 aromatic heterocycles. The molecule has 0 radical (unpaired) electrons. The van der Waals surface area contributed by atoms with Crippen LogP contribution in [0.5, 0.6) is 0 Å². The highest BCUT2D eigenvalue weighted by atomic mass is 16.5. The van der Waals surface area contributed by atoms with Crippen molar-refractivity contribution in [2.45, 2.75) is 58.1 Å². The molecule has 0 aromatic carbocycles. The second-order valence-corrected chi connectivity index (χ2v) is 5.63. The Hall–Kier alpha value is -1.43. The van der Waals surface area contributed by atoms with Crippen molar-refractivity contribution in [1.29, 1.82) is 0 Å². The first-order valence-electron chi connectivity index (χ1n) is 6.86. The Morgan fingerprint density at radius 1 is 1.58 bits per heavy atom. The zero-order valence-corrected chi connectivity index (χ0v) is 11.8. The molecule has 0 spiro atoms. The number of carbonyl (C=O) groups excluding carboxylic acids is 1. The van der Waals surface area contributed by atoms with E-state index < -0.39 is 0 Å². The molecule has 2 N–H and O–H groups in total. The highest BCUT2D eigenvalue weighted by molar-refractivity contribution is 5.90. The van der Waals surface area contributed by atoms with Crippen molar-refractivity contribution in [2.24, 2.45) is 0 Å². The normalized spacial score (nSPS) is 22.2. The maximum Gasteiger partial charge on any atom is 0.291 e. The Labute approximate surface area is 113 Å². The van der Waals surface area contributed by atoms with Crippen molar-refractivity contribution in [2.75, 3.05) is 6.61 Å². The van der Waals surface area contributed by atoms with E-state index >= 15 is 0 Å². The molecule has 0 bridgehead atoms. The lowest BCUT2D eigenvalue weighted by molar-refractivity contribution is -0.0615. The lowest BCUT2D eigenvalue weighted by Gasteiger charge is -2.35. The first-order chi connectivity index (χ1) is 9.00. The predicted octanol–water partition coefficient (Wildman–Crippen LogP) is 1.44. The molecular formula is C13H22N4O2. The number of rotatable bonds is 4. The summed E-state index contributed by atoms with van der Waals surface area (Å²) in [4.78, 5) is 16.2. The van der Waals surface area contributed by atoms with Crippen molar-refractivity contribution in [3.63, 3.8) is 0 Å². The lowest BCUT2D eigenvalue weighted by atomic mass is 9.94. The van der Waals surface area contributed by atoms with Crippen molar-refractivity contribution >= 4 is 5.91 Å². The average Bonchev–Trinajstić information content (AvgIpc) is 2.77. The minimum Gasteiger partial charge on any atom is -0.375 e. The molecule has 6 heteroatoms. The van der Waals surface area contributed by atoms with E-state index in [0.29, 0.717) is 6.61 Å². The van der Waals surface area contributed by atoms with E-state index in [9.17, 15) is 4.79 Å². The molecule has 1 aromatic rings. The van der Waals surface area contributed by atoms with Crippen molar-refractivity contribution in [3.8, 4) is 0 Å². The van der Waals surface area contributed by atoms with Crippen LogP contribution in [-0.2, 0) is 11.2 Å². The fraction of sp³-hybridized carbons (Fsp3) is 0.769. The zero-order valence-electron chi connectivity index (χ0n) is 11.8. The molecule has 106 valence electrons. The molecule has 1 amide bonds. The van der Waals surface area contributed by atoms with Gasteiger partial charge >= 0.3 is 0 Å². The number of nitrogens with one attached hydrogen (secondary N) is 2. The molecule has 1 atom stereocenters. The topological polar surface area (TPSA) is 79.9 Å². The first kappa shape index (κ1) is 14.0. The minimum absolute atomic E-state index is 0.129. The summed E-state index contributed by atoms with van der Waals surface area (Å²) in [7, 11) is 0. The zero-order chi connectivity index (χ0) is 13.9. The maximum absolute atomic E-state index is 12.0. The molecule has 1 aliphatic heterocycles. The molecular weight excluding hydrogens is 244 g/mol. The van der Waals surface area contributed by atoms with Crippen LogP contribution >= 0.6 is 0 Å². The predicted molar refractivity (Wildman–Crippen MR) is 70.9 cm³/mol. The van der Waals surface area contributed by atoms with Crippen LogP contribution in [0.3, 0.4) is 0 Å². The SMILES string of the molecule is CCCc1nc(C(=O)NC2CCOC(C)(C)C2)n[nH]1. The summed E-state index contributed by atoms with van der Waals surface area (Å²) in [6, 6.07) is 0.129.